The van der Waals surface area contributed by atoms with Gasteiger partial charge in [-0.25, -0.2) is 0 Å². The zero-order chi connectivity index (χ0) is 12.6. The maximum absolute atomic E-state index is 2.52. The Labute approximate surface area is 108 Å². The van der Waals surface area contributed by atoms with Crippen molar-refractivity contribution in [1.29, 1.82) is 0 Å². The van der Waals surface area contributed by atoms with Crippen molar-refractivity contribution in [2.45, 2.75) is 60.3 Å². The summed E-state index contributed by atoms with van der Waals surface area (Å²) in [5, 5.41) is 0. The van der Waals surface area contributed by atoms with E-state index in [0.717, 1.165) is 35.5 Å². The summed E-state index contributed by atoms with van der Waals surface area (Å²) >= 11 is 0. The number of allylic oxidation sites excluding steroid dienone is 2. The Morgan fingerprint density at radius 2 is 1.82 bits per heavy atom. The zero-order valence-electron chi connectivity index (χ0n) is 12.4. The molecule has 0 saturated heterocycles. The van der Waals surface area contributed by atoms with Crippen molar-refractivity contribution >= 4 is 0 Å². The average molecular weight is 234 g/mol. The van der Waals surface area contributed by atoms with Gasteiger partial charge in [0.05, 0.1) is 0 Å². The first-order valence-electron chi connectivity index (χ1n) is 7.65. The second-order valence-corrected chi connectivity index (χ2v) is 7.20. The normalized spacial score (nSPS) is 42.9. The van der Waals surface area contributed by atoms with Gasteiger partial charge in [-0.05, 0) is 68.1 Å². The molecule has 1 saturated carbocycles. The van der Waals surface area contributed by atoms with Crippen molar-refractivity contribution in [3.8, 4) is 0 Å². The Morgan fingerprint density at radius 1 is 1.12 bits per heavy atom. The fraction of sp³-hybridized carbons (Fsp3) is 0.882. The SMILES string of the molecule is CC1=CCC(C2CC(C(C)C)CC2C)CC1C. The molecule has 17 heavy (non-hydrogen) atoms. The van der Waals surface area contributed by atoms with E-state index in [-0.39, 0.29) is 0 Å². The van der Waals surface area contributed by atoms with E-state index in [4.69, 9.17) is 0 Å². The van der Waals surface area contributed by atoms with Gasteiger partial charge in [-0.1, -0.05) is 39.3 Å². The topological polar surface area (TPSA) is 0 Å². The van der Waals surface area contributed by atoms with Crippen molar-refractivity contribution in [3.05, 3.63) is 11.6 Å². The van der Waals surface area contributed by atoms with Gasteiger partial charge in [0.1, 0.15) is 0 Å². The van der Waals surface area contributed by atoms with E-state index >= 15 is 0 Å². The Balaban J connectivity index is 2.00. The van der Waals surface area contributed by atoms with Crippen molar-refractivity contribution in [1.82, 2.24) is 0 Å². The summed E-state index contributed by atoms with van der Waals surface area (Å²) in [6, 6.07) is 0. The predicted octanol–water partition coefficient (Wildman–Crippen LogP) is 5.30. The van der Waals surface area contributed by atoms with Crippen LogP contribution in [0.15, 0.2) is 11.6 Å². The Morgan fingerprint density at radius 3 is 2.35 bits per heavy atom. The molecule has 0 heteroatoms. The van der Waals surface area contributed by atoms with Crippen LogP contribution in [0.5, 0.6) is 0 Å². The fourth-order valence-corrected chi connectivity index (χ4v) is 4.16. The molecule has 0 aliphatic heterocycles. The molecule has 0 aromatic heterocycles. The number of rotatable bonds is 2. The summed E-state index contributed by atoms with van der Waals surface area (Å²) in [4.78, 5) is 0. The van der Waals surface area contributed by atoms with Crippen LogP contribution in [-0.4, -0.2) is 0 Å². The minimum Gasteiger partial charge on any atom is -0.0851 e. The average Bonchev–Trinajstić information content (AvgIpc) is 2.65. The first kappa shape index (κ1) is 13.2. The molecule has 2 aliphatic rings. The lowest BCUT2D eigenvalue weighted by Crippen LogP contribution is -2.22. The van der Waals surface area contributed by atoms with Crippen LogP contribution < -0.4 is 0 Å². The van der Waals surface area contributed by atoms with Crippen LogP contribution in [0, 0.1) is 35.5 Å². The van der Waals surface area contributed by atoms with E-state index in [9.17, 15) is 0 Å². The van der Waals surface area contributed by atoms with Crippen LogP contribution in [-0.2, 0) is 0 Å². The van der Waals surface area contributed by atoms with Gasteiger partial charge in [0.15, 0.2) is 0 Å². The lowest BCUT2D eigenvalue weighted by atomic mass is 9.73. The van der Waals surface area contributed by atoms with Gasteiger partial charge >= 0.3 is 0 Å². The van der Waals surface area contributed by atoms with Crippen molar-refractivity contribution < 1.29 is 0 Å². The van der Waals surface area contributed by atoms with Crippen LogP contribution >= 0.6 is 0 Å². The molecule has 98 valence electrons. The minimum absolute atomic E-state index is 0.832. The first-order chi connectivity index (χ1) is 7.99. The third-order valence-corrected chi connectivity index (χ3v) is 5.70. The van der Waals surface area contributed by atoms with Crippen LogP contribution in [0.3, 0.4) is 0 Å². The summed E-state index contributed by atoms with van der Waals surface area (Å²) in [6.45, 7) is 12.1. The quantitative estimate of drug-likeness (QED) is 0.569. The highest BCUT2D eigenvalue weighted by atomic mass is 14.4. The molecule has 1 fully saturated rings. The van der Waals surface area contributed by atoms with E-state index in [1.54, 1.807) is 5.57 Å². The Bertz CT molecular complexity index is 286. The van der Waals surface area contributed by atoms with Gasteiger partial charge in [0, 0.05) is 0 Å². The summed E-state index contributed by atoms with van der Waals surface area (Å²) in [6.07, 6.45) is 8.31. The molecule has 0 bridgehead atoms. The maximum Gasteiger partial charge on any atom is -0.0232 e. The van der Waals surface area contributed by atoms with E-state index in [1.807, 2.05) is 0 Å². The third kappa shape index (κ3) is 2.77. The van der Waals surface area contributed by atoms with E-state index < -0.39 is 0 Å². The molecule has 5 unspecified atom stereocenters. The maximum atomic E-state index is 2.52. The standard InChI is InChI=1S/C17H30/c1-11(2)16-9-14(5)17(10-16)15-7-6-12(3)13(4)8-15/h6,11,13-17H,7-10H2,1-5H3. The molecule has 0 radical (unpaired) electrons. The number of hydrogen-bond donors (Lipinski definition) is 0. The van der Waals surface area contributed by atoms with Crippen molar-refractivity contribution in [2.24, 2.45) is 35.5 Å². The highest BCUT2D eigenvalue weighted by Crippen LogP contribution is 2.47. The molecule has 0 N–H and O–H groups in total. The van der Waals surface area contributed by atoms with Gasteiger partial charge in [-0.15, -0.1) is 0 Å². The largest absolute Gasteiger partial charge is 0.0851 e. The lowest BCUT2D eigenvalue weighted by Gasteiger charge is -2.32. The molecule has 0 spiro atoms. The van der Waals surface area contributed by atoms with E-state index in [1.165, 1.54) is 25.7 Å². The van der Waals surface area contributed by atoms with Crippen LogP contribution in [0.1, 0.15) is 60.3 Å². The van der Waals surface area contributed by atoms with Crippen molar-refractivity contribution in [3.63, 3.8) is 0 Å². The second kappa shape index (κ2) is 5.16. The molecule has 0 aromatic rings. The molecule has 2 rings (SSSR count). The molecule has 0 amide bonds. The molecular weight excluding hydrogens is 204 g/mol. The monoisotopic (exact) mass is 234 g/mol. The Kier molecular flexibility index (Phi) is 4.00. The van der Waals surface area contributed by atoms with Gasteiger partial charge in [-0.3, -0.25) is 0 Å². The molecule has 0 aromatic carbocycles. The lowest BCUT2D eigenvalue weighted by molar-refractivity contribution is 0.228. The predicted molar refractivity (Wildman–Crippen MR) is 75.9 cm³/mol. The van der Waals surface area contributed by atoms with E-state index in [2.05, 4.69) is 40.7 Å². The summed E-state index contributed by atoms with van der Waals surface area (Å²) < 4.78 is 0. The summed E-state index contributed by atoms with van der Waals surface area (Å²) in [5.74, 6) is 5.67. The minimum atomic E-state index is 0.832. The molecule has 2 aliphatic carbocycles. The van der Waals surface area contributed by atoms with Gasteiger partial charge in [0.25, 0.3) is 0 Å². The van der Waals surface area contributed by atoms with Crippen molar-refractivity contribution in [2.75, 3.05) is 0 Å². The van der Waals surface area contributed by atoms with Gasteiger partial charge in [0.2, 0.25) is 0 Å². The molecule has 0 heterocycles. The molecule has 0 nitrogen and oxygen atoms in total. The molecule has 5 atom stereocenters. The third-order valence-electron chi connectivity index (χ3n) is 5.70. The highest BCUT2D eigenvalue weighted by molar-refractivity contribution is 5.08. The number of hydrogen-bond acceptors (Lipinski definition) is 0. The zero-order valence-corrected chi connectivity index (χ0v) is 12.4. The Hall–Kier alpha value is -0.260. The molecular formula is C17H30. The van der Waals surface area contributed by atoms with Gasteiger partial charge < -0.3 is 0 Å². The first-order valence-corrected chi connectivity index (χ1v) is 7.65. The second-order valence-electron chi connectivity index (χ2n) is 7.20. The van der Waals surface area contributed by atoms with E-state index in [0.29, 0.717) is 0 Å². The van der Waals surface area contributed by atoms with Crippen LogP contribution in [0.4, 0.5) is 0 Å². The van der Waals surface area contributed by atoms with Crippen LogP contribution in [0.2, 0.25) is 0 Å². The highest BCUT2D eigenvalue weighted by Gasteiger charge is 2.38. The summed E-state index contributed by atoms with van der Waals surface area (Å²) in [7, 11) is 0. The van der Waals surface area contributed by atoms with Crippen LogP contribution in [0.25, 0.3) is 0 Å². The summed E-state index contributed by atoms with van der Waals surface area (Å²) in [5.41, 5.74) is 1.63. The van der Waals surface area contributed by atoms with Gasteiger partial charge in [-0.2, -0.15) is 0 Å². The smallest absolute Gasteiger partial charge is 0.0232 e. The fourth-order valence-electron chi connectivity index (χ4n) is 4.16.